The Morgan fingerprint density at radius 3 is 1.58 bits per heavy atom. The highest BCUT2D eigenvalue weighted by Crippen LogP contribution is 2.40. The Labute approximate surface area is 237 Å². The summed E-state index contributed by atoms with van der Waals surface area (Å²) in [4.78, 5) is 27.8. The lowest BCUT2D eigenvalue weighted by atomic mass is 9.71. The molecule has 0 heterocycles. The molecule has 0 amide bonds. The fourth-order valence-corrected chi connectivity index (χ4v) is 6.37. The second-order valence-electron chi connectivity index (χ2n) is 12.7. The molecular formula is C32H36Cl2O3P. The van der Waals surface area contributed by atoms with Crippen LogP contribution in [0, 0.1) is 0 Å². The van der Waals surface area contributed by atoms with Gasteiger partial charge in [-0.1, -0.05) is 116 Å². The molecule has 38 heavy (non-hydrogen) atoms. The van der Waals surface area contributed by atoms with Crippen LogP contribution in [0.25, 0.3) is 0 Å². The molecule has 0 spiro atoms. The van der Waals surface area contributed by atoms with Crippen LogP contribution in [-0.2, 0) is 20.8 Å². The van der Waals surface area contributed by atoms with Crippen LogP contribution in [0.1, 0.15) is 105 Å². The number of benzene rings is 3. The van der Waals surface area contributed by atoms with Crippen LogP contribution in [-0.4, -0.2) is 11.3 Å². The first-order chi connectivity index (χ1) is 17.4. The zero-order chi connectivity index (χ0) is 28.8. The monoisotopic (exact) mass is 569 g/mol. The van der Waals surface area contributed by atoms with Gasteiger partial charge < -0.3 is 0 Å². The third kappa shape index (κ3) is 6.12. The second-order valence-corrected chi connectivity index (χ2v) is 15.0. The molecule has 6 heteroatoms. The predicted molar refractivity (Wildman–Crippen MR) is 160 cm³/mol. The molecular weight excluding hydrogens is 534 g/mol. The number of carbonyl (C=O) groups is 2. The Bertz CT molecular complexity index is 1380. The van der Waals surface area contributed by atoms with Gasteiger partial charge in [-0.25, -0.2) is 0 Å². The molecule has 1 unspecified atom stereocenters. The highest BCUT2D eigenvalue weighted by Gasteiger charge is 2.34. The van der Waals surface area contributed by atoms with Gasteiger partial charge in [-0.3, -0.25) is 14.2 Å². The molecule has 1 atom stereocenters. The van der Waals surface area contributed by atoms with E-state index in [9.17, 15) is 14.2 Å². The number of hydrogen-bond acceptors (Lipinski definition) is 3. The summed E-state index contributed by atoms with van der Waals surface area (Å²) >= 11 is 12.5. The number of hydrogen-bond donors (Lipinski definition) is 0. The summed E-state index contributed by atoms with van der Waals surface area (Å²) in [6, 6.07) is 15.6. The minimum absolute atomic E-state index is 0.000474. The summed E-state index contributed by atoms with van der Waals surface area (Å²) in [5.74, 6) is -0.252. The van der Waals surface area contributed by atoms with Gasteiger partial charge in [0.2, 0.25) is 5.52 Å². The lowest BCUT2D eigenvalue weighted by Crippen LogP contribution is -2.28. The van der Waals surface area contributed by atoms with Crippen LogP contribution in [0.5, 0.6) is 0 Å². The van der Waals surface area contributed by atoms with Crippen molar-refractivity contribution in [1.82, 2.24) is 0 Å². The van der Waals surface area contributed by atoms with Crippen molar-refractivity contribution in [1.29, 1.82) is 0 Å². The molecule has 201 valence electrons. The molecule has 3 nitrogen and oxygen atoms in total. The highest BCUT2D eigenvalue weighted by atomic mass is 35.5. The Morgan fingerprint density at radius 1 is 0.658 bits per heavy atom. The Balaban J connectivity index is 2.30. The van der Waals surface area contributed by atoms with Gasteiger partial charge in [0, 0.05) is 11.1 Å². The zero-order valence-corrected chi connectivity index (χ0v) is 26.0. The number of carbonyl (C=O) groups excluding carboxylic acids is 2. The quantitative estimate of drug-likeness (QED) is 0.227. The van der Waals surface area contributed by atoms with Gasteiger partial charge >= 0.3 is 0 Å². The van der Waals surface area contributed by atoms with Crippen LogP contribution in [0.4, 0.5) is 0 Å². The Hall–Kier alpha value is -2.32. The Kier molecular flexibility index (Phi) is 8.50. The van der Waals surface area contributed by atoms with Crippen molar-refractivity contribution >= 4 is 47.6 Å². The maximum absolute atomic E-state index is 14.5. The van der Waals surface area contributed by atoms with Gasteiger partial charge in [-0.2, -0.15) is 0 Å². The third-order valence-corrected chi connectivity index (χ3v) is 8.63. The first kappa shape index (κ1) is 30.2. The van der Waals surface area contributed by atoms with E-state index in [4.69, 9.17) is 23.2 Å². The van der Waals surface area contributed by atoms with Crippen molar-refractivity contribution < 1.29 is 14.2 Å². The molecule has 3 rings (SSSR count). The molecule has 0 bridgehead atoms. The first-order valence-electron chi connectivity index (χ1n) is 12.6. The van der Waals surface area contributed by atoms with Gasteiger partial charge in [-0.15, -0.1) is 0 Å². The molecule has 0 fully saturated rings. The largest absolute Gasteiger partial charge is 0.289 e. The molecule has 0 aliphatic heterocycles. The summed E-state index contributed by atoms with van der Waals surface area (Å²) < 4.78 is 13.7. The number of rotatable bonds is 5. The zero-order valence-electron chi connectivity index (χ0n) is 23.6. The summed E-state index contributed by atoms with van der Waals surface area (Å²) in [5, 5.41) is 0.419. The first-order valence-corrected chi connectivity index (χ1v) is 14.7. The van der Waals surface area contributed by atoms with E-state index in [-0.39, 0.29) is 48.5 Å². The van der Waals surface area contributed by atoms with Crippen molar-refractivity contribution in [3.63, 3.8) is 0 Å². The van der Waals surface area contributed by atoms with Gasteiger partial charge in [0.15, 0.2) is 13.6 Å². The fourth-order valence-electron chi connectivity index (χ4n) is 4.39. The molecule has 0 aliphatic carbocycles. The highest BCUT2D eigenvalue weighted by molar-refractivity contribution is 7.71. The third-order valence-electron chi connectivity index (χ3n) is 6.58. The van der Waals surface area contributed by atoms with Crippen LogP contribution in [0.3, 0.4) is 0 Å². The lowest BCUT2D eigenvalue weighted by Gasteiger charge is -2.33. The van der Waals surface area contributed by atoms with E-state index in [0.717, 1.165) is 16.7 Å². The minimum atomic E-state index is -2.67. The van der Waals surface area contributed by atoms with E-state index >= 15 is 0 Å². The van der Waals surface area contributed by atoms with Gasteiger partial charge in [0.1, 0.15) is 0 Å². The second kappa shape index (κ2) is 10.7. The summed E-state index contributed by atoms with van der Waals surface area (Å²) in [6.07, 6.45) is 0. The van der Waals surface area contributed by atoms with E-state index in [0.29, 0.717) is 5.56 Å². The average molecular weight is 571 g/mol. The fraction of sp³-hybridized carbons (Fsp3) is 0.375. The van der Waals surface area contributed by atoms with E-state index in [1.165, 1.54) is 12.1 Å². The molecule has 0 saturated carbocycles. The predicted octanol–water partition coefficient (Wildman–Crippen LogP) is 9.41. The summed E-state index contributed by atoms with van der Waals surface area (Å²) in [5.41, 5.74) is 2.31. The van der Waals surface area contributed by atoms with E-state index in [1.807, 2.05) is 0 Å². The molecule has 3 aromatic rings. The molecule has 0 aliphatic rings. The molecule has 0 saturated heterocycles. The van der Waals surface area contributed by atoms with Crippen molar-refractivity contribution in [3.8, 4) is 0 Å². The number of halogens is 2. The normalized spacial score (nSPS) is 12.9. The lowest BCUT2D eigenvalue weighted by molar-refractivity contribution is 0.103. The molecule has 3 aromatic carbocycles. The standard InChI is InChI=1S/C32H36Cl2O3P/c1-30(2,3)19-17-21(31(4,5)6)26(22(18-19)32(7,8)9)28(35)20-13-10-11-16-25(20)38(37)29(36)27-23(33)14-12-15-24(27)34/h10-18H,1-9H3. The van der Waals surface area contributed by atoms with Crippen LogP contribution in [0.15, 0.2) is 54.6 Å². The molecule has 0 aromatic heterocycles. The van der Waals surface area contributed by atoms with Gasteiger partial charge in [0.25, 0.3) is 0 Å². The molecule has 0 N–H and O–H groups in total. The minimum Gasteiger partial charge on any atom is -0.289 e. The SMILES string of the molecule is CC(C)(C)c1cc(C(C)(C)C)c(C(=O)c2ccccc2[P](=O)C(=O)c2c(Cl)cccc2Cl)c(C(C)(C)C)c1. The van der Waals surface area contributed by atoms with Gasteiger partial charge in [-0.05, 0) is 57.2 Å². The number of ketones is 1. The van der Waals surface area contributed by atoms with Crippen molar-refractivity contribution in [3.05, 3.63) is 98.0 Å². The topological polar surface area (TPSA) is 51.2 Å². The van der Waals surface area contributed by atoms with Crippen LogP contribution in [0.2, 0.25) is 10.0 Å². The summed E-state index contributed by atoms with van der Waals surface area (Å²) in [6.45, 7) is 19.0. The smallest absolute Gasteiger partial charge is 0.249 e. The average Bonchev–Trinajstić information content (AvgIpc) is 2.80. The maximum Gasteiger partial charge on any atom is 0.249 e. The maximum atomic E-state index is 14.5. The van der Waals surface area contributed by atoms with Crippen molar-refractivity contribution in [2.45, 2.75) is 78.6 Å². The van der Waals surface area contributed by atoms with Gasteiger partial charge in [0.05, 0.1) is 20.9 Å². The van der Waals surface area contributed by atoms with E-state index in [2.05, 4.69) is 74.4 Å². The Morgan fingerprint density at radius 2 is 1.13 bits per heavy atom. The van der Waals surface area contributed by atoms with E-state index < -0.39 is 13.3 Å². The van der Waals surface area contributed by atoms with E-state index in [1.54, 1.807) is 30.3 Å². The van der Waals surface area contributed by atoms with Crippen LogP contribution >= 0.6 is 31.0 Å². The molecule has 1 radical (unpaired) electrons. The summed E-state index contributed by atoms with van der Waals surface area (Å²) in [7, 11) is -2.67. The van der Waals surface area contributed by atoms with Crippen molar-refractivity contribution in [2.24, 2.45) is 0 Å². The van der Waals surface area contributed by atoms with Crippen molar-refractivity contribution in [2.75, 3.05) is 0 Å². The van der Waals surface area contributed by atoms with Crippen LogP contribution < -0.4 is 5.30 Å².